The molecule has 0 atom stereocenters. The molecule has 0 radical (unpaired) electrons. The van der Waals surface area contributed by atoms with Crippen molar-refractivity contribution < 1.29 is 18.7 Å². The van der Waals surface area contributed by atoms with Crippen molar-refractivity contribution in [2.45, 2.75) is 18.8 Å². The second-order valence-electron chi connectivity index (χ2n) is 8.69. The van der Waals surface area contributed by atoms with E-state index in [9.17, 15) is 9.18 Å². The van der Waals surface area contributed by atoms with Crippen LogP contribution >= 0.6 is 11.6 Å². The molecule has 3 aromatic rings. The molecule has 36 heavy (non-hydrogen) atoms. The van der Waals surface area contributed by atoms with Gasteiger partial charge >= 0.3 is 6.01 Å². The molecule has 8 nitrogen and oxygen atoms in total. The number of carbonyl (C=O) groups excluding carboxylic acids is 1. The summed E-state index contributed by atoms with van der Waals surface area (Å²) in [5.74, 6) is 0.0878. The van der Waals surface area contributed by atoms with Crippen LogP contribution in [-0.2, 0) is 9.53 Å². The smallest absolute Gasteiger partial charge is 0.318 e. The summed E-state index contributed by atoms with van der Waals surface area (Å²) >= 11 is 5.95. The molecule has 0 unspecified atom stereocenters. The van der Waals surface area contributed by atoms with E-state index in [0.29, 0.717) is 47.2 Å². The third-order valence-corrected chi connectivity index (χ3v) is 6.14. The number of fused-ring (bicyclic) bond motifs is 1. The molecule has 0 bridgehead atoms. The van der Waals surface area contributed by atoms with Gasteiger partial charge < -0.3 is 25.0 Å². The highest BCUT2D eigenvalue weighted by Crippen LogP contribution is 2.45. The number of aromatic nitrogens is 2. The minimum absolute atomic E-state index is 0.00560. The molecule has 190 valence electrons. The number of amides is 1. The molecule has 10 heteroatoms. The van der Waals surface area contributed by atoms with Crippen LogP contribution in [-0.4, -0.2) is 61.7 Å². The van der Waals surface area contributed by atoms with Crippen LogP contribution in [0.3, 0.4) is 0 Å². The number of rotatable bonds is 11. The third kappa shape index (κ3) is 6.48. The number of benzene rings is 2. The molecule has 1 aliphatic rings. The second kappa shape index (κ2) is 11.6. The van der Waals surface area contributed by atoms with Crippen molar-refractivity contribution in [1.29, 1.82) is 0 Å². The van der Waals surface area contributed by atoms with E-state index in [2.05, 4.69) is 25.5 Å². The molecular formula is C26H29ClFN5O3. The molecule has 4 rings (SSSR count). The van der Waals surface area contributed by atoms with E-state index in [0.717, 1.165) is 24.9 Å². The zero-order valence-electron chi connectivity index (χ0n) is 20.5. The number of nitrogens with one attached hydrogen (secondary N) is 2. The normalized spacial score (nSPS) is 13.5. The predicted octanol–water partition coefficient (Wildman–Crippen LogP) is 5.12. The lowest BCUT2D eigenvalue weighted by atomic mass is 10.0. The van der Waals surface area contributed by atoms with Crippen LogP contribution in [0.25, 0.3) is 10.9 Å². The van der Waals surface area contributed by atoms with Gasteiger partial charge in [0.1, 0.15) is 11.6 Å². The summed E-state index contributed by atoms with van der Waals surface area (Å²) < 4.78 is 24.0. The Kier molecular flexibility index (Phi) is 8.35. The summed E-state index contributed by atoms with van der Waals surface area (Å²) in [6, 6.07) is 8.35. The van der Waals surface area contributed by atoms with Crippen LogP contribution in [0.2, 0.25) is 5.02 Å². The van der Waals surface area contributed by atoms with Crippen LogP contribution in [0.4, 0.5) is 21.6 Å². The summed E-state index contributed by atoms with van der Waals surface area (Å²) in [4.78, 5) is 23.7. The van der Waals surface area contributed by atoms with Gasteiger partial charge in [0, 0.05) is 43.0 Å². The Bertz CT molecular complexity index is 1280. The van der Waals surface area contributed by atoms with Gasteiger partial charge in [0.05, 0.1) is 24.3 Å². The average Bonchev–Trinajstić information content (AvgIpc) is 3.70. The third-order valence-electron chi connectivity index (χ3n) is 5.85. The Hall–Kier alpha value is -3.27. The lowest BCUT2D eigenvalue weighted by molar-refractivity contribution is -0.111. The van der Waals surface area contributed by atoms with E-state index in [-0.39, 0.29) is 16.9 Å². The maximum absolute atomic E-state index is 13.6. The molecule has 1 fully saturated rings. The van der Waals surface area contributed by atoms with Gasteiger partial charge in [0.25, 0.3) is 0 Å². The van der Waals surface area contributed by atoms with Crippen LogP contribution in [0, 0.1) is 5.82 Å². The number of likely N-dealkylation sites (N-methyl/N-ethyl adjacent to an activating group) is 1. The lowest BCUT2D eigenvalue weighted by Crippen LogP contribution is -2.23. The first kappa shape index (κ1) is 25.8. The minimum atomic E-state index is -0.510. The fraction of sp³-hybridized carbons (Fsp3) is 0.346. The fourth-order valence-electron chi connectivity index (χ4n) is 3.76. The van der Waals surface area contributed by atoms with Crippen molar-refractivity contribution in [2.75, 3.05) is 51.6 Å². The SMILES string of the molecule is COCCN(C)CC=CC(=O)Nc1cc2c(Nc3ccc(F)c(Cl)c3)nc(OC)nc2cc1C1CC1. The topological polar surface area (TPSA) is 88.6 Å². The highest BCUT2D eigenvalue weighted by atomic mass is 35.5. The number of halogens is 2. The van der Waals surface area contributed by atoms with E-state index in [1.165, 1.54) is 25.3 Å². The summed E-state index contributed by atoms with van der Waals surface area (Å²) in [5.41, 5.74) is 2.97. The average molecular weight is 514 g/mol. The van der Waals surface area contributed by atoms with E-state index < -0.39 is 5.82 Å². The van der Waals surface area contributed by atoms with Crippen molar-refractivity contribution in [1.82, 2.24) is 14.9 Å². The van der Waals surface area contributed by atoms with Gasteiger partial charge in [-0.15, -0.1) is 0 Å². The molecule has 1 amide bonds. The van der Waals surface area contributed by atoms with Crippen molar-refractivity contribution in [3.63, 3.8) is 0 Å². The quantitative estimate of drug-likeness (QED) is 0.344. The van der Waals surface area contributed by atoms with Gasteiger partial charge in [0.15, 0.2) is 0 Å². The maximum atomic E-state index is 13.6. The number of nitrogens with zero attached hydrogens (tertiary/aromatic N) is 3. The van der Waals surface area contributed by atoms with Crippen molar-refractivity contribution in [3.05, 3.63) is 58.9 Å². The zero-order valence-corrected chi connectivity index (χ0v) is 21.2. The first-order chi connectivity index (χ1) is 17.4. The fourth-order valence-corrected chi connectivity index (χ4v) is 3.94. The molecule has 1 heterocycles. The molecule has 1 saturated carbocycles. The standard InChI is InChI=1S/C26H29ClFN5O3/c1-33(11-12-35-2)10-4-5-24(34)30-22-15-19-23(14-18(22)16-6-7-16)31-26(36-3)32-25(19)29-17-8-9-21(28)20(27)13-17/h4-5,8-9,13-16H,6-7,10-12H2,1-3H3,(H,30,34)(H,29,31,32). The second-order valence-corrected chi connectivity index (χ2v) is 9.10. The van der Waals surface area contributed by atoms with E-state index >= 15 is 0 Å². The number of carbonyl (C=O) groups is 1. The van der Waals surface area contributed by atoms with Crippen molar-refractivity contribution in [2.24, 2.45) is 0 Å². The van der Waals surface area contributed by atoms with Gasteiger partial charge in [0.2, 0.25) is 5.91 Å². The summed E-state index contributed by atoms with van der Waals surface area (Å²) in [5, 5.41) is 6.87. The Balaban J connectivity index is 1.63. The Morgan fingerprint density at radius 1 is 1.25 bits per heavy atom. The first-order valence-corrected chi connectivity index (χ1v) is 12.0. The van der Waals surface area contributed by atoms with Gasteiger partial charge in [-0.25, -0.2) is 4.39 Å². The van der Waals surface area contributed by atoms with E-state index in [1.807, 2.05) is 25.3 Å². The largest absolute Gasteiger partial charge is 0.467 e. The minimum Gasteiger partial charge on any atom is -0.467 e. The van der Waals surface area contributed by atoms with Crippen LogP contribution in [0.15, 0.2) is 42.5 Å². The molecule has 0 spiro atoms. The van der Waals surface area contributed by atoms with E-state index in [4.69, 9.17) is 21.1 Å². The zero-order chi connectivity index (χ0) is 25.7. The number of methoxy groups -OCH3 is 2. The lowest BCUT2D eigenvalue weighted by Gasteiger charge is -2.15. The van der Waals surface area contributed by atoms with Crippen LogP contribution in [0.5, 0.6) is 6.01 Å². The molecule has 0 saturated heterocycles. The van der Waals surface area contributed by atoms with Crippen LogP contribution in [0.1, 0.15) is 24.3 Å². The highest BCUT2D eigenvalue weighted by Gasteiger charge is 2.28. The Labute approximate surface area is 214 Å². The Morgan fingerprint density at radius 2 is 2.06 bits per heavy atom. The monoisotopic (exact) mass is 513 g/mol. The van der Waals surface area contributed by atoms with Gasteiger partial charge in [-0.05, 0) is 61.7 Å². The summed E-state index contributed by atoms with van der Waals surface area (Å²) in [7, 11) is 5.12. The molecule has 2 N–H and O–H groups in total. The number of hydrogen-bond donors (Lipinski definition) is 2. The van der Waals surface area contributed by atoms with Gasteiger partial charge in [-0.1, -0.05) is 17.7 Å². The van der Waals surface area contributed by atoms with Crippen LogP contribution < -0.4 is 15.4 Å². The van der Waals surface area contributed by atoms with Gasteiger partial charge in [-0.3, -0.25) is 4.79 Å². The molecule has 1 aromatic heterocycles. The van der Waals surface area contributed by atoms with Gasteiger partial charge in [-0.2, -0.15) is 9.97 Å². The Morgan fingerprint density at radius 3 is 2.75 bits per heavy atom. The molecular weight excluding hydrogens is 485 g/mol. The number of hydrogen-bond acceptors (Lipinski definition) is 7. The predicted molar refractivity (Wildman–Crippen MR) is 140 cm³/mol. The number of anilines is 3. The van der Waals surface area contributed by atoms with E-state index in [1.54, 1.807) is 13.2 Å². The first-order valence-electron chi connectivity index (χ1n) is 11.6. The molecule has 1 aliphatic carbocycles. The van der Waals surface area contributed by atoms with Crippen molar-refractivity contribution >= 4 is 45.6 Å². The maximum Gasteiger partial charge on any atom is 0.318 e. The van der Waals surface area contributed by atoms with Crippen molar-refractivity contribution in [3.8, 4) is 6.01 Å². The summed E-state index contributed by atoms with van der Waals surface area (Å²) in [6.45, 7) is 2.04. The number of ether oxygens (including phenoxy) is 2. The molecule has 2 aromatic carbocycles. The molecule has 0 aliphatic heterocycles. The highest BCUT2D eigenvalue weighted by molar-refractivity contribution is 6.31. The summed E-state index contributed by atoms with van der Waals surface area (Å²) in [6.07, 6.45) is 5.46.